The topological polar surface area (TPSA) is 111 Å². The van der Waals surface area contributed by atoms with Gasteiger partial charge in [0.15, 0.2) is 12.2 Å². The van der Waals surface area contributed by atoms with Crippen LogP contribution in [0.15, 0.2) is 73.1 Å². The Balaban J connectivity index is 0.000000198. The number of carboxylic acids is 1. The minimum absolute atomic E-state index is 0.263. The minimum atomic E-state index is -1.00. The average molecular weight is 478 g/mol. The molecule has 0 radical (unpaired) electrons. The first-order valence-electron chi connectivity index (χ1n) is 10.7. The first-order chi connectivity index (χ1) is 16.9. The molecule has 0 saturated heterocycles. The fourth-order valence-corrected chi connectivity index (χ4v) is 3.69. The highest BCUT2D eigenvalue weighted by Crippen LogP contribution is 2.27. The first-order valence-corrected chi connectivity index (χ1v) is 10.7. The molecule has 35 heavy (non-hydrogen) atoms. The van der Waals surface area contributed by atoms with E-state index in [4.69, 9.17) is 19.4 Å². The van der Waals surface area contributed by atoms with Gasteiger partial charge in [0.05, 0.1) is 18.1 Å². The van der Waals surface area contributed by atoms with E-state index in [1.807, 2.05) is 42.5 Å². The van der Waals surface area contributed by atoms with Gasteiger partial charge in [0.1, 0.15) is 0 Å². The normalized spacial score (nSPS) is 12.5. The fourth-order valence-electron chi connectivity index (χ4n) is 3.69. The number of nitrogens with zero attached hydrogens (tertiary/aromatic N) is 3. The lowest BCUT2D eigenvalue weighted by atomic mass is 10.0. The Hall–Kier alpha value is -3.92. The molecule has 0 bridgehead atoms. The molecule has 4 rings (SSSR count). The maximum absolute atomic E-state index is 12.2. The zero-order chi connectivity index (χ0) is 25.4. The summed E-state index contributed by atoms with van der Waals surface area (Å²) in [5, 5.41) is 11.9. The van der Waals surface area contributed by atoms with Crippen LogP contribution >= 0.6 is 0 Å². The van der Waals surface area contributed by atoms with Crippen molar-refractivity contribution in [3.05, 3.63) is 84.2 Å². The lowest BCUT2D eigenvalue weighted by Crippen LogP contribution is -2.31. The molecule has 9 heteroatoms. The Kier molecular flexibility index (Phi) is 8.80. The molecule has 2 atom stereocenters. The quantitative estimate of drug-likeness (QED) is 0.398. The standard InChI is InChI=1S/C14H16N2O3.C12H11NO3/c1-16(19-3)14(17)13(18-2)11-6-4-8-12-10(11)7-5-9-15-12;1-16-11(12(14)15)9-4-2-6-10-8(9)5-3-7-13-10/h4-9,13H,1-3H3;2-7,11H,1H3,(H,14,15). The molecule has 2 aromatic carbocycles. The van der Waals surface area contributed by atoms with Gasteiger partial charge in [-0.2, -0.15) is 0 Å². The monoisotopic (exact) mass is 477 g/mol. The van der Waals surface area contributed by atoms with Crippen molar-refractivity contribution in [2.24, 2.45) is 0 Å². The van der Waals surface area contributed by atoms with Crippen LogP contribution in [0.2, 0.25) is 0 Å². The van der Waals surface area contributed by atoms with E-state index in [2.05, 4.69) is 9.97 Å². The second-order valence-corrected chi connectivity index (χ2v) is 7.42. The number of ether oxygens (including phenoxy) is 2. The molecule has 0 saturated carbocycles. The van der Waals surface area contributed by atoms with Gasteiger partial charge >= 0.3 is 5.97 Å². The SMILES string of the molecule is COC(C(=O)N(C)OC)c1cccc2ncccc12.COC(C(=O)O)c1cccc2ncccc12. The van der Waals surface area contributed by atoms with Crippen LogP contribution in [0.5, 0.6) is 0 Å². The van der Waals surface area contributed by atoms with E-state index in [1.165, 1.54) is 21.3 Å². The van der Waals surface area contributed by atoms with Gasteiger partial charge in [0.25, 0.3) is 5.91 Å². The van der Waals surface area contributed by atoms with Crippen molar-refractivity contribution < 1.29 is 29.0 Å². The highest BCUT2D eigenvalue weighted by Gasteiger charge is 2.25. The molecule has 0 aliphatic rings. The van der Waals surface area contributed by atoms with E-state index in [0.29, 0.717) is 5.56 Å². The van der Waals surface area contributed by atoms with Crippen LogP contribution in [0.1, 0.15) is 23.3 Å². The van der Waals surface area contributed by atoms with Gasteiger partial charge in [-0.25, -0.2) is 9.86 Å². The van der Waals surface area contributed by atoms with Crippen LogP contribution < -0.4 is 0 Å². The Labute approximate surface area is 202 Å². The van der Waals surface area contributed by atoms with E-state index in [9.17, 15) is 9.59 Å². The summed E-state index contributed by atoms with van der Waals surface area (Å²) in [5.41, 5.74) is 3.00. The zero-order valence-electron chi connectivity index (χ0n) is 19.9. The molecular weight excluding hydrogens is 450 g/mol. The number of hydrogen-bond donors (Lipinski definition) is 1. The number of hydroxylamine groups is 2. The van der Waals surface area contributed by atoms with Gasteiger partial charge in [0, 0.05) is 50.0 Å². The second-order valence-electron chi connectivity index (χ2n) is 7.42. The summed E-state index contributed by atoms with van der Waals surface area (Å²) in [6, 6.07) is 18.4. The van der Waals surface area contributed by atoms with Gasteiger partial charge in [0.2, 0.25) is 0 Å². The van der Waals surface area contributed by atoms with Crippen LogP contribution in [-0.4, -0.2) is 60.4 Å². The molecule has 1 amide bonds. The van der Waals surface area contributed by atoms with Crippen molar-refractivity contribution in [1.82, 2.24) is 15.0 Å². The molecule has 2 heterocycles. The van der Waals surface area contributed by atoms with Gasteiger partial charge in [-0.15, -0.1) is 0 Å². The number of carbonyl (C=O) groups is 2. The number of carbonyl (C=O) groups excluding carboxylic acids is 1. The molecule has 2 aromatic heterocycles. The van der Waals surface area contributed by atoms with Crippen LogP contribution in [0, 0.1) is 0 Å². The van der Waals surface area contributed by atoms with Gasteiger partial charge < -0.3 is 14.6 Å². The van der Waals surface area contributed by atoms with Crippen molar-refractivity contribution in [3.8, 4) is 0 Å². The summed E-state index contributed by atoms with van der Waals surface area (Å²) in [6.07, 6.45) is 1.73. The largest absolute Gasteiger partial charge is 0.479 e. The van der Waals surface area contributed by atoms with E-state index in [-0.39, 0.29) is 5.91 Å². The van der Waals surface area contributed by atoms with Crippen molar-refractivity contribution in [3.63, 3.8) is 0 Å². The molecular formula is C26H27N3O6. The summed E-state index contributed by atoms with van der Waals surface area (Å²) in [7, 11) is 5.88. The predicted octanol–water partition coefficient (Wildman–Crippen LogP) is 3.95. The molecule has 2 unspecified atom stereocenters. The maximum atomic E-state index is 12.2. The summed E-state index contributed by atoms with van der Waals surface area (Å²) in [4.78, 5) is 36.6. The number of fused-ring (bicyclic) bond motifs is 2. The lowest BCUT2D eigenvalue weighted by molar-refractivity contribution is -0.179. The number of hydrogen-bond acceptors (Lipinski definition) is 7. The Morgan fingerprint density at radius 3 is 1.69 bits per heavy atom. The van der Waals surface area contributed by atoms with Crippen LogP contribution in [0.3, 0.4) is 0 Å². The highest BCUT2D eigenvalue weighted by molar-refractivity contribution is 5.90. The number of methoxy groups -OCH3 is 2. The van der Waals surface area contributed by atoms with E-state index >= 15 is 0 Å². The average Bonchev–Trinajstić information content (AvgIpc) is 2.89. The molecule has 0 spiro atoms. The Bertz CT molecular complexity index is 1300. The van der Waals surface area contributed by atoms with Crippen LogP contribution in [0.4, 0.5) is 0 Å². The van der Waals surface area contributed by atoms with Crippen LogP contribution in [-0.2, 0) is 23.9 Å². The zero-order valence-corrected chi connectivity index (χ0v) is 19.9. The number of rotatable bonds is 7. The smallest absolute Gasteiger partial charge is 0.337 e. The van der Waals surface area contributed by atoms with Crippen molar-refractivity contribution >= 4 is 33.7 Å². The number of aliphatic carboxylic acids is 1. The first kappa shape index (κ1) is 25.7. The molecule has 4 aromatic rings. The van der Waals surface area contributed by atoms with E-state index in [0.717, 1.165) is 32.4 Å². The summed E-state index contributed by atoms with van der Waals surface area (Å²) >= 11 is 0. The predicted molar refractivity (Wildman–Crippen MR) is 130 cm³/mol. The minimum Gasteiger partial charge on any atom is -0.479 e. The number of pyridine rings is 2. The third-order valence-corrected chi connectivity index (χ3v) is 5.43. The number of carboxylic acid groups (broad SMARTS) is 1. The number of benzene rings is 2. The molecule has 0 aliphatic carbocycles. The second kappa shape index (κ2) is 12.0. The lowest BCUT2D eigenvalue weighted by Gasteiger charge is -2.21. The summed E-state index contributed by atoms with van der Waals surface area (Å²) in [6.45, 7) is 0. The molecule has 9 nitrogen and oxygen atoms in total. The molecule has 182 valence electrons. The molecule has 1 N–H and O–H groups in total. The Morgan fingerprint density at radius 1 is 0.771 bits per heavy atom. The number of aromatic nitrogens is 2. The third-order valence-electron chi connectivity index (χ3n) is 5.43. The maximum Gasteiger partial charge on any atom is 0.337 e. The van der Waals surface area contributed by atoms with Gasteiger partial charge in [-0.1, -0.05) is 36.4 Å². The summed E-state index contributed by atoms with van der Waals surface area (Å²) < 4.78 is 10.3. The highest BCUT2D eigenvalue weighted by atomic mass is 16.7. The van der Waals surface area contributed by atoms with Gasteiger partial charge in [-0.05, 0) is 29.8 Å². The van der Waals surface area contributed by atoms with E-state index < -0.39 is 18.2 Å². The van der Waals surface area contributed by atoms with Crippen LogP contribution in [0.25, 0.3) is 21.8 Å². The van der Waals surface area contributed by atoms with Crippen molar-refractivity contribution in [2.75, 3.05) is 28.4 Å². The fraction of sp³-hybridized carbons (Fsp3) is 0.231. The molecule has 0 aliphatic heterocycles. The number of amides is 1. The van der Waals surface area contributed by atoms with Crippen molar-refractivity contribution in [1.29, 1.82) is 0 Å². The third kappa shape index (κ3) is 5.78. The Morgan fingerprint density at radius 2 is 1.26 bits per heavy atom. The van der Waals surface area contributed by atoms with Gasteiger partial charge in [-0.3, -0.25) is 19.6 Å². The molecule has 0 fully saturated rings. The van der Waals surface area contributed by atoms with Crippen molar-refractivity contribution in [2.45, 2.75) is 12.2 Å². The van der Waals surface area contributed by atoms with E-state index in [1.54, 1.807) is 37.6 Å². The summed E-state index contributed by atoms with van der Waals surface area (Å²) in [5.74, 6) is -1.26. The number of likely N-dealkylation sites (N-methyl/N-ethyl adjacent to an activating group) is 1.